The van der Waals surface area contributed by atoms with Gasteiger partial charge in [-0.1, -0.05) is 121 Å². The van der Waals surface area contributed by atoms with Gasteiger partial charge in [-0.3, -0.25) is 0 Å². The van der Waals surface area contributed by atoms with Gasteiger partial charge in [0, 0.05) is 36.9 Å². The zero-order valence-electron chi connectivity index (χ0n) is 24.2. The molecule has 0 aliphatic rings. The van der Waals surface area contributed by atoms with Crippen LogP contribution in [0.1, 0.15) is 0 Å². The smallest absolute Gasteiger partial charge is 0.164 e. The molecule has 3 nitrogen and oxygen atoms in total. The normalized spacial score (nSPS) is 11.6. The lowest BCUT2D eigenvalue weighted by atomic mass is 9.97. The van der Waals surface area contributed by atoms with Crippen molar-refractivity contribution in [2.45, 2.75) is 0 Å². The number of benzene rings is 7. The molecule has 2 aromatic heterocycles. The van der Waals surface area contributed by atoms with Crippen LogP contribution in [0.25, 0.3) is 87.0 Å². The Morgan fingerprint density at radius 3 is 1.60 bits per heavy atom. The molecule has 0 saturated carbocycles. The van der Waals surface area contributed by atoms with E-state index in [0.29, 0.717) is 17.5 Å². The Bertz CT molecular complexity index is 2480. The van der Waals surface area contributed by atoms with Crippen molar-refractivity contribution in [2.75, 3.05) is 0 Å². The van der Waals surface area contributed by atoms with Crippen molar-refractivity contribution in [3.63, 3.8) is 0 Å². The van der Waals surface area contributed by atoms with Crippen LogP contribution in [0.2, 0.25) is 0 Å². The highest BCUT2D eigenvalue weighted by Crippen LogP contribution is 2.39. The lowest BCUT2D eigenvalue weighted by molar-refractivity contribution is 1.07. The second-order valence-electron chi connectivity index (χ2n) is 11.3. The molecule has 0 amide bonds. The molecule has 210 valence electrons. The molecule has 0 bridgehead atoms. The molecule has 0 aliphatic heterocycles. The van der Waals surface area contributed by atoms with Crippen LogP contribution >= 0.6 is 11.3 Å². The van der Waals surface area contributed by atoms with Gasteiger partial charge < -0.3 is 0 Å². The van der Waals surface area contributed by atoms with Crippen LogP contribution in [0.15, 0.2) is 152 Å². The van der Waals surface area contributed by atoms with Gasteiger partial charge in [-0.2, -0.15) is 0 Å². The number of fused-ring (bicyclic) bond motifs is 6. The minimum absolute atomic E-state index is 0.669. The lowest BCUT2D eigenvalue weighted by Crippen LogP contribution is -2.00. The Kier molecular flexibility index (Phi) is 6.00. The van der Waals surface area contributed by atoms with Crippen molar-refractivity contribution < 1.29 is 0 Å². The van der Waals surface area contributed by atoms with Crippen LogP contribution in [-0.2, 0) is 0 Å². The number of rotatable bonds is 4. The summed E-state index contributed by atoms with van der Waals surface area (Å²) >= 11 is 1.83. The fourth-order valence-electron chi connectivity index (χ4n) is 6.23. The van der Waals surface area contributed by atoms with Gasteiger partial charge >= 0.3 is 0 Å². The van der Waals surface area contributed by atoms with Crippen molar-refractivity contribution >= 4 is 53.1 Å². The third-order valence-electron chi connectivity index (χ3n) is 8.51. The summed E-state index contributed by atoms with van der Waals surface area (Å²) in [7, 11) is 0. The molecule has 0 radical (unpaired) electrons. The number of aromatic nitrogens is 3. The average Bonchev–Trinajstić information content (AvgIpc) is 3.49. The Morgan fingerprint density at radius 2 is 0.867 bits per heavy atom. The SMILES string of the molecule is c1ccc(-c2nc(-c3ccccc3)nc(-c3ccc4sc5cc(-c6ccc7c(ccc8ccccc87)c6)ccc5c4c3)n2)cc1. The molecule has 0 aliphatic carbocycles. The summed E-state index contributed by atoms with van der Waals surface area (Å²) in [5, 5.41) is 7.57. The summed E-state index contributed by atoms with van der Waals surface area (Å²) in [5.41, 5.74) is 5.36. The molecule has 0 fully saturated rings. The van der Waals surface area contributed by atoms with Crippen LogP contribution in [0.3, 0.4) is 0 Å². The maximum absolute atomic E-state index is 4.95. The van der Waals surface area contributed by atoms with Gasteiger partial charge in [0.25, 0.3) is 0 Å². The van der Waals surface area contributed by atoms with E-state index in [2.05, 4.69) is 91.0 Å². The van der Waals surface area contributed by atoms with E-state index >= 15 is 0 Å². The first-order valence-corrected chi connectivity index (χ1v) is 15.8. The molecule has 0 N–H and O–H groups in total. The topological polar surface area (TPSA) is 38.7 Å². The molecule has 9 rings (SSSR count). The van der Waals surface area contributed by atoms with Gasteiger partial charge in [0.1, 0.15) is 0 Å². The van der Waals surface area contributed by atoms with Gasteiger partial charge in [-0.15, -0.1) is 11.3 Å². The van der Waals surface area contributed by atoms with Gasteiger partial charge in [-0.05, 0) is 63.0 Å². The van der Waals surface area contributed by atoms with Gasteiger partial charge in [-0.25, -0.2) is 15.0 Å². The van der Waals surface area contributed by atoms with Crippen molar-refractivity contribution in [1.82, 2.24) is 15.0 Å². The highest BCUT2D eigenvalue weighted by atomic mass is 32.1. The highest BCUT2D eigenvalue weighted by molar-refractivity contribution is 7.25. The predicted octanol–water partition coefficient (Wildman–Crippen LogP) is 11.2. The Hall–Kier alpha value is -5.71. The van der Waals surface area contributed by atoms with E-state index in [4.69, 9.17) is 15.0 Å². The summed E-state index contributed by atoms with van der Waals surface area (Å²) in [4.78, 5) is 14.8. The molecule has 0 spiro atoms. The van der Waals surface area contributed by atoms with E-state index in [-0.39, 0.29) is 0 Å². The molecule has 45 heavy (non-hydrogen) atoms. The lowest BCUT2D eigenvalue weighted by Gasteiger charge is -2.08. The first kappa shape index (κ1) is 25.8. The molecule has 2 heterocycles. The van der Waals surface area contributed by atoms with Gasteiger partial charge in [0.05, 0.1) is 0 Å². The molecule has 0 saturated heterocycles. The molecule has 0 unspecified atom stereocenters. The van der Waals surface area contributed by atoms with E-state index in [1.807, 2.05) is 72.0 Å². The highest BCUT2D eigenvalue weighted by Gasteiger charge is 2.14. The van der Waals surface area contributed by atoms with E-state index in [1.165, 1.54) is 52.8 Å². The monoisotopic (exact) mass is 591 g/mol. The zero-order chi connectivity index (χ0) is 29.7. The van der Waals surface area contributed by atoms with Crippen LogP contribution in [-0.4, -0.2) is 15.0 Å². The largest absolute Gasteiger partial charge is 0.208 e. The average molecular weight is 592 g/mol. The first-order chi connectivity index (χ1) is 22.3. The van der Waals surface area contributed by atoms with Crippen molar-refractivity contribution in [3.8, 4) is 45.3 Å². The summed E-state index contributed by atoms with van der Waals surface area (Å²) in [6, 6.07) is 53.5. The Balaban J connectivity index is 1.14. The number of hydrogen-bond donors (Lipinski definition) is 0. The molecule has 0 atom stereocenters. The second-order valence-corrected chi connectivity index (χ2v) is 12.4. The summed E-state index contributed by atoms with van der Waals surface area (Å²) in [6.45, 7) is 0. The fourth-order valence-corrected chi connectivity index (χ4v) is 7.35. The molecular weight excluding hydrogens is 567 g/mol. The maximum atomic E-state index is 4.95. The molecular formula is C41H25N3S. The van der Waals surface area contributed by atoms with Crippen molar-refractivity contribution in [3.05, 3.63) is 152 Å². The van der Waals surface area contributed by atoms with Crippen LogP contribution < -0.4 is 0 Å². The number of nitrogens with zero attached hydrogens (tertiary/aromatic N) is 3. The Morgan fingerprint density at radius 1 is 0.311 bits per heavy atom. The minimum Gasteiger partial charge on any atom is -0.208 e. The second kappa shape index (κ2) is 10.5. The van der Waals surface area contributed by atoms with E-state index in [1.54, 1.807) is 0 Å². The van der Waals surface area contributed by atoms with Crippen molar-refractivity contribution in [2.24, 2.45) is 0 Å². The van der Waals surface area contributed by atoms with Crippen LogP contribution in [0.4, 0.5) is 0 Å². The molecule has 4 heteroatoms. The van der Waals surface area contributed by atoms with Gasteiger partial charge in [0.2, 0.25) is 0 Å². The van der Waals surface area contributed by atoms with Crippen LogP contribution in [0.5, 0.6) is 0 Å². The van der Waals surface area contributed by atoms with E-state index in [0.717, 1.165) is 16.7 Å². The third-order valence-corrected chi connectivity index (χ3v) is 9.64. The van der Waals surface area contributed by atoms with Crippen molar-refractivity contribution in [1.29, 1.82) is 0 Å². The quantitative estimate of drug-likeness (QED) is 0.191. The zero-order valence-corrected chi connectivity index (χ0v) is 25.0. The minimum atomic E-state index is 0.669. The number of thiophene rings is 1. The van der Waals surface area contributed by atoms with E-state index < -0.39 is 0 Å². The van der Waals surface area contributed by atoms with E-state index in [9.17, 15) is 0 Å². The standard InChI is InChI=1S/C41H25N3S/c1-3-10-27(11-4-1)39-42-40(28-12-5-2-6-13-28)44-41(43-39)32-19-22-37-36(24-32)35-21-18-30(25-38(35)45-37)29-17-20-34-31(23-29)16-15-26-9-7-8-14-33(26)34/h1-25H. The summed E-state index contributed by atoms with van der Waals surface area (Å²) in [5.74, 6) is 2.01. The maximum Gasteiger partial charge on any atom is 0.164 e. The Labute approximate surface area is 264 Å². The van der Waals surface area contributed by atoms with Gasteiger partial charge in [0.15, 0.2) is 17.5 Å². The fraction of sp³-hybridized carbons (Fsp3) is 0. The number of hydrogen-bond acceptors (Lipinski definition) is 4. The van der Waals surface area contributed by atoms with Crippen LogP contribution in [0, 0.1) is 0 Å². The summed E-state index contributed by atoms with van der Waals surface area (Å²) in [6.07, 6.45) is 0. The predicted molar refractivity (Wildman–Crippen MR) is 189 cm³/mol. The summed E-state index contributed by atoms with van der Waals surface area (Å²) < 4.78 is 2.51. The first-order valence-electron chi connectivity index (χ1n) is 15.0. The third kappa shape index (κ3) is 4.55. The molecule has 9 aromatic rings. The molecule has 7 aromatic carbocycles.